The molecule has 19 nitrogen and oxygen atoms in total. The highest BCUT2D eigenvalue weighted by atomic mass is 16.8. The van der Waals surface area contributed by atoms with Gasteiger partial charge in [-0.15, -0.1) is 0 Å². The molecule has 50 heavy (non-hydrogen) atoms. The standard InChI is InChI=1S/C18H32O16.C13H27NO2/c19-1-6-9(23)12(26)13(27)16(31-6)34-18(15(29)11(25)8(3-21)33-18)5-30-17(4-22)14(28)10(24)7(2-20)32-17;1-2-3-4-5-6-7-8-9-10-11-12-14-13(15)16/h6-16,19-29H,1-5H2;14H,2-12H2,1H3,(H,15,16)/t6?,7-,8-,9-,10?,11?,12-,13?,14-,15-,16-,17-,18+;/m1./s1. The van der Waals surface area contributed by atoms with Crippen LogP contribution in [0.2, 0.25) is 0 Å². The van der Waals surface area contributed by atoms with Gasteiger partial charge in [0.25, 0.3) is 0 Å². The first-order chi connectivity index (χ1) is 23.8. The second kappa shape index (κ2) is 22.0. The summed E-state index contributed by atoms with van der Waals surface area (Å²) in [5.74, 6) is -4.84. The molecule has 13 atom stereocenters. The second-order valence-electron chi connectivity index (χ2n) is 12.8. The van der Waals surface area contributed by atoms with E-state index in [1.54, 1.807) is 0 Å². The fourth-order valence-corrected chi connectivity index (χ4v) is 5.95. The van der Waals surface area contributed by atoms with Gasteiger partial charge in [-0.2, -0.15) is 0 Å². The average Bonchev–Trinajstić information content (AvgIpc) is 3.50. The van der Waals surface area contributed by atoms with E-state index >= 15 is 0 Å². The Morgan fingerprint density at radius 3 is 1.58 bits per heavy atom. The molecule has 3 aliphatic heterocycles. The molecule has 19 heteroatoms. The molecule has 0 aromatic heterocycles. The molecule has 0 aromatic rings. The van der Waals surface area contributed by atoms with Gasteiger partial charge < -0.3 is 90.3 Å². The zero-order valence-corrected chi connectivity index (χ0v) is 28.5. The van der Waals surface area contributed by atoms with Gasteiger partial charge in [-0.25, -0.2) is 4.79 Å². The lowest BCUT2D eigenvalue weighted by molar-refractivity contribution is -0.399. The number of aliphatic hydroxyl groups excluding tert-OH is 11. The molecule has 1 amide bonds. The van der Waals surface area contributed by atoms with Gasteiger partial charge in [0.2, 0.25) is 11.6 Å². The van der Waals surface area contributed by atoms with Crippen LogP contribution in [0.15, 0.2) is 0 Å². The quantitative estimate of drug-likeness (QED) is 0.0543. The minimum absolute atomic E-state index is 0.603. The Hall–Kier alpha value is -1.37. The average molecular weight is 734 g/mol. The molecular formula is C31H59NO18. The Kier molecular flexibility index (Phi) is 19.7. The number of ether oxygens (including phenoxy) is 5. The van der Waals surface area contributed by atoms with Gasteiger partial charge in [-0.05, 0) is 6.42 Å². The highest BCUT2D eigenvalue weighted by Gasteiger charge is 2.62. The summed E-state index contributed by atoms with van der Waals surface area (Å²) >= 11 is 0. The summed E-state index contributed by atoms with van der Waals surface area (Å²) in [4.78, 5) is 10.1. The monoisotopic (exact) mass is 733 g/mol. The lowest BCUT2D eigenvalue weighted by Crippen LogP contribution is -2.63. The maximum Gasteiger partial charge on any atom is 0.404 e. The molecule has 3 saturated heterocycles. The predicted octanol–water partition coefficient (Wildman–Crippen LogP) is -3.39. The number of carboxylic acid groups (broad SMARTS) is 1. The van der Waals surface area contributed by atoms with Crippen molar-refractivity contribution in [3.8, 4) is 0 Å². The fraction of sp³-hybridized carbons (Fsp3) is 0.968. The largest absolute Gasteiger partial charge is 0.465 e. The van der Waals surface area contributed by atoms with Crippen LogP contribution in [0.4, 0.5) is 4.79 Å². The molecule has 0 radical (unpaired) electrons. The summed E-state index contributed by atoms with van der Waals surface area (Å²) in [5.41, 5.74) is 0. The van der Waals surface area contributed by atoms with Crippen LogP contribution in [-0.4, -0.2) is 186 Å². The topological polar surface area (TPSA) is 318 Å². The molecule has 0 spiro atoms. The number of amides is 1. The summed E-state index contributed by atoms with van der Waals surface area (Å²) < 4.78 is 26.9. The number of nitrogens with one attached hydrogen (secondary N) is 1. The molecule has 3 fully saturated rings. The van der Waals surface area contributed by atoms with Crippen LogP contribution in [0.25, 0.3) is 0 Å². The van der Waals surface area contributed by atoms with Crippen LogP contribution in [-0.2, 0) is 23.7 Å². The summed E-state index contributed by atoms with van der Waals surface area (Å²) in [5, 5.41) is 120. The maximum atomic E-state index is 10.7. The molecule has 3 rings (SSSR count). The van der Waals surface area contributed by atoms with Crippen molar-refractivity contribution < 1.29 is 89.8 Å². The third-order valence-corrected chi connectivity index (χ3v) is 9.08. The number of hydrogen-bond donors (Lipinski definition) is 13. The van der Waals surface area contributed by atoms with Crippen molar-refractivity contribution in [2.24, 2.45) is 0 Å². The molecule has 0 aliphatic carbocycles. The van der Waals surface area contributed by atoms with Crippen LogP contribution >= 0.6 is 0 Å². The Morgan fingerprint density at radius 1 is 0.640 bits per heavy atom. The normalized spacial score (nSPS) is 38.5. The first-order valence-corrected chi connectivity index (χ1v) is 17.3. The van der Waals surface area contributed by atoms with Crippen LogP contribution in [0, 0.1) is 0 Å². The Balaban J connectivity index is 0.000000457. The van der Waals surface area contributed by atoms with Gasteiger partial charge in [-0.1, -0.05) is 64.7 Å². The predicted molar refractivity (Wildman–Crippen MR) is 169 cm³/mol. The number of carbonyl (C=O) groups is 1. The molecular weight excluding hydrogens is 674 g/mol. The molecule has 3 aliphatic rings. The fourth-order valence-electron chi connectivity index (χ4n) is 5.95. The summed E-state index contributed by atoms with van der Waals surface area (Å²) in [7, 11) is 0. The van der Waals surface area contributed by atoms with Gasteiger partial charge in [-0.3, -0.25) is 0 Å². The van der Waals surface area contributed by atoms with Crippen molar-refractivity contribution in [3.63, 3.8) is 0 Å². The van der Waals surface area contributed by atoms with E-state index in [0.717, 1.165) is 12.8 Å². The minimum Gasteiger partial charge on any atom is -0.465 e. The van der Waals surface area contributed by atoms with Crippen LogP contribution in [0.3, 0.4) is 0 Å². The summed E-state index contributed by atoms with van der Waals surface area (Å²) in [6.45, 7) is -1.56. The van der Waals surface area contributed by atoms with E-state index in [9.17, 15) is 61.0 Å². The van der Waals surface area contributed by atoms with Crippen LogP contribution in [0.1, 0.15) is 71.1 Å². The summed E-state index contributed by atoms with van der Waals surface area (Å²) in [6.07, 6.45) is -7.03. The molecule has 0 aromatic carbocycles. The minimum atomic E-state index is -2.49. The summed E-state index contributed by atoms with van der Waals surface area (Å²) in [6, 6.07) is 0. The molecule has 3 heterocycles. The Labute approximate surface area is 290 Å². The second-order valence-corrected chi connectivity index (χ2v) is 12.8. The molecule has 13 N–H and O–H groups in total. The first kappa shape index (κ1) is 44.8. The van der Waals surface area contributed by atoms with Crippen molar-refractivity contribution in [2.45, 2.75) is 150 Å². The van der Waals surface area contributed by atoms with E-state index in [1.165, 1.54) is 51.4 Å². The highest BCUT2D eigenvalue weighted by Crippen LogP contribution is 2.39. The van der Waals surface area contributed by atoms with E-state index in [-0.39, 0.29) is 0 Å². The first-order valence-electron chi connectivity index (χ1n) is 17.3. The number of unbranched alkanes of at least 4 members (excludes halogenated alkanes) is 9. The third-order valence-electron chi connectivity index (χ3n) is 9.08. The van der Waals surface area contributed by atoms with Crippen molar-refractivity contribution >= 4 is 6.09 Å². The lowest BCUT2D eigenvalue weighted by Gasteiger charge is -2.44. The van der Waals surface area contributed by atoms with Crippen molar-refractivity contribution in [3.05, 3.63) is 0 Å². The molecule has 0 saturated carbocycles. The van der Waals surface area contributed by atoms with Gasteiger partial charge in [0, 0.05) is 6.54 Å². The smallest absolute Gasteiger partial charge is 0.404 e. The number of hydrogen-bond acceptors (Lipinski definition) is 17. The van der Waals surface area contributed by atoms with Gasteiger partial charge in [0.15, 0.2) is 6.29 Å². The Morgan fingerprint density at radius 2 is 1.12 bits per heavy atom. The van der Waals surface area contributed by atoms with E-state index in [0.29, 0.717) is 6.54 Å². The zero-order chi connectivity index (χ0) is 37.5. The van der Waals surface area contributed by atoms with Crippen LogP contribution in [0.5, 0.6) is 0 Å². The van der Waals surface area contributed by atoms with Crippen molar-refractivity contribution in [1.29, 1.82) is 0 Å². The van der Waals surface area contributed by atoms with Gasteiger partial charge in [0.1, 0.15) is 74.3 Å². The molecule has 0 bridgehead atoms. The third kappa shape index (κ3) is 11.8. The SMILES string of the molecule is CCCCCCCCCCCCNC(=O)O.OCC1O[C@H](O[C@]2(CO[C@]3(CO)O[C@H](CO)C(O)[C@H]3O)O[C@H](CO)C(O)[C@H]2O)C(O)[C@H](O)[C@@H]1O. The van der Waals surface area contributed by atoms with Crippen LogP contribution < -0.4 is 5.32 Å². The van der Waals surface area contributed by atoms with E-state index in [1.807, 2.05) is 0 Å². The number of rotatable bonds is 20. The zero-order valence-electron chi connectivity index (χ0n) is 28.5. The van der Waals surface area contributed by atoms with Crippen molar-refractivity contribution in [1.82, 2.24) is 5.32 Å². The highest BCUT2D eigenvalue weighted by molar-refractivity contribution is 5.64. The molecule has 4 unspecified atom stereocenters. The number of aliphatic hydroxyl groups is 11. The maximum absolute atomic E-state index is 10.7. The van der Waals surface area contributed by atoms with E-state index < -0.39 is 118 Å². The van der Waals surface area contributed by atoms with E-state index in [2.05, 4.69) is 12.2 Å². The van der Waals surface area contributed by atoms with E-state index in [4.69, 9.17) is 28.8 Å². The van der Waals surface area contributed by atoms with Crippen molar-refractivity contribution in [2.75, 3.05) is 39.6 Å². The molecule has 296 valence electrons. The van der Waals surface area contributed by atoms with Gasteiger partial charge >= 0.3 is 6.09 Å². The van der Waals surface area contributed by atoms with Gasteiger partial charge in [0.05, 0.1) is 19.8 Å². The lowest BCUT2D eigenvalue weighted by atomic mass is 9.99. The Bertz CT molecular complexity index is 951.